The second-order valence-electron chi connectivity index (χ2n) is 5.32. The third-order valence-electron chi connectivity index (χ3n) is 3.22. The molecule has 1 aliphatic rings. The molecule has 0 radical (unpaired) electrons. The number of ether oxygens (including phenoxy) is 2. The average Bonchev–Trinajstić information content (AvgIpc) is 2.28. The van der Waals surface area contributed by atoms with Crippen LogP contribution in [-0.2, 0) is 14.3 Å². The quantitative estimate of drug-likeness (QED) is 0.749. The molecule has 2 N–H and O–H groups in total. The van der Waals surface area contributed by atoms with Crippen molar-refractivity contribution in [2.24, 2.45) is 11.7 Å². The lowest BCUT2D eigenvalue weighted by molar-refractivity contribution is -0.154. The third-order valence-corrected chi connectivity index (χ3v) is 3.22. The van der Waals surface area contributed by atoms with Gasteiger partial charge in [-0.25, -0.2) is 0 Å². The zero-order valence-electron chi connectivity index (χ0n) is 11.1. The van der Waals surface area contributed by atoms with Crippen LogP contribution < -0.4 is 5.73 Å². The minimum Gasteiger partial charge on any atom is -0.461 e. The molecule has 17 heavy (non-hydrogen) atoms. The minimum atomic E-state index is -0.488. The van der Waals surface area contributed by atoms with Crippen molar-refractivity contribution in [1.82, 2.24) is 0 Å². The zero-order valence-corrected chi connectivity index (χ0v) is 11.1. The molecule has 100 valence electrons. The maximum absolute atomic E-state index is 11.8. The van der Waals surface area contributed by atoms with Gasteiger partial charge >= 0.3 is 5.97 Å². The van der Waals surface area contributed by atoms with Gasteiger partial charge in [0, 0.05) is 13.5 Å². The molecule has 0 spiro atoms. The van der Waals surface area contributed by atoms with Crippen LogP contribution in [0, 0.1) is 5.92 Å². The Kier molecular flexibility index (Phi) is 5.92. The van der Waals surface area contributed by atoms with Gasteiger partial charge in [-0.05, 0) is 31.6 Å². The summed E-state index contributed by atoms with van der Waals surface area (Å²) in [4.78, 5) is 11.8. The fraction of sp³-hybridized carbons (Fsp3) is 0.923. The van der Waals surface area contributed by atoms with Crippen LogP contribution in [0.5, 0.6) is 0 Å². The normalized spacial score (nSPS) is 26.9. The van der Waals surface area contributed by atoms with Gasteiger partial charge in [0.15, 0.2) is 0 Å². The van der Waals surface area contributed by atoms with Crippen LogP contribution in [0.3, 0.4) is 0 Å². The largest absolute Gasteiger partial charge is 0.461 e. The summed E-state index contributed by atoms with van der Waals surface area (Å²) in [6.07, 6.45) is 4.73. The van der Waals surface area contributed by atoms with Gasteiger partial charge < -0.3 is 15.2 Å². The van der Waals surface area contributed by atoms with Crippen LogP contribution in [0.4, 0.5) is 0 Å². The van der Waals surface area contributed by atoms with E-state index in [1.165, 1.54) is 0 Å². The number of rotatable bonds is 5. The number of hydrogen-bond donors (Lipinski definition) is 1. The molecule has 0 saturated heterocycles. The molecule has 0 bridgehead atoms. The van der Waals surface area contributed by atoms with E-state index in [2.05, 4.69) is 13.8 Å². The van der Waals surface area contributed by atoms with Crippen LogP contribution in [0.2, 0.25) is 0 Å². The lowest BCUT2D eigenvalue weighted by atomic mass is 9.95. The van der Waals surface area contributed by atoms with Crippen molar-refractivity contribution in [2.75, 3.05) is 7.11 Å². The molecule has 0 amide bonds. The zero-order chi connectivity index (χ0) is 12.8. The van der Waals surface area contributed by atoms with Crippen LogP contribution >= 0.6 is 0 Å². The summed E-state index contributed by atoms with van der Waals surface area (Å²) in [6, 6.07) is -0.488. The van der Waals surface area contributed by atoms with Gasteiger partial charge in [0.05, 0.1) is 6.10 Å². The van der Waals surface area contributed by atoms with Gasteiger partial charge in [-0.1, -0.05) is 13.8 Å². The van der Waals surface area contributed by atoms with Crippen LogP contribution in [0.25, 0.3) is 0 Å². The van der Waals surface area contributed by atoms with Crippen molar-refractivity contribution < 1.29 is 14.3 Å². The van der Waals surface area contributed by atoms with Crippen molar-refractivity contribution in [3.63, 3.8) is 0 Å². The Morgan fingerprint density at radius 3 is 2.59 bits per heavy atom. The molecular weight excluding hydrogens is 218 g/mol. The van der Waals surface area contributed by atoms with Gasteiger partial charge in [-0.15, -0.1) is 0 Å². The second kappa shape index (κ2) is 6.97. The molecule has 3 atom stereocenters. The fourth-order valence-electron chi connectivity index (χ4n) is 2.28. The van der Waals surface area contributed by atoms with Gasteiger partial charge in [-0.2, -0.15) is 0 Å². The SMILES string of the molecule is COC1CCCC(OC(=O)[C@H](N)CC(C)C)C1. The monoisotopic (exact) mass is 243 g/mol. The van der Waals surface area contributed by atoms with Crippen LogP contribution in [0.1, 0.15) is 46.0 Å². The fourth-order valence-corrected chi connectivity index (χ4v) is 2.28. The van der Waals surface area contributed by atoms with Crippen molar-refractivity contribution in [1.29, 1.82) is 0 Å². The molecule has 1 aliphatic carbocycles. The number of esters is 1. The van der Waals surface area contributed by atoms with E-state index in [4.69, 9.17) is 15.2 Å². The van der Waals surface area contributed by atoms with Gasteiger partial charge in [0.1, 0.15) is 12.1 Å². The van der Waals surface area contributed by atoms with Crippen molar-refractivity contribution >= 4 is 5.97 Å². The Balaban J connectivity index is 2.34. The van der Waals surface area contributed by atoms with Crippen LogP contribution in [0.15, 0.2) is 0 Å². The smallest absolute Gasteiger partial charge is 0.323 e. The number of nitrogens with two attached hydrogens (primary N) is 1. The summed E-state index contributed by atoms with van der Waals surface area (Å²) in [5, 5.41) is 0. The molecule has 0 aromatic carbocycles. The summed E-state index contributed by atoms with van der Waals surface area (Å²) in [5.41, 5.74) is 5.80. The van der Waals surface area contributed by atoms with E-state index in [0.717, 1.165) is 25.7 Å². The highest BCUT2D eigenvalue weighted by molar-refractivity contribution is 5.75. The summed E-state index contributed by atoms with van der Waals surface area (Å²) < 4.78 is 10.7. The van der Waals surface area contributed by atoms with Crippen molar-refractivity contribution in [3.8, 4) is 0 Å². The molecule has 0 heterocycles. The van der Waals surface area contributed by atoms with E-state index in [-0.39, 0.29) is 18.2 Å². The van der Waals surface area contributed by atoms with Gasteiger partial charge in [0.2, 0.25) is 0 Å². The topological polar surface area (TPSA) is 61.5 Å². The van der Waals surface area contributed by atoms with E-state index in [1.807, 2.05) is 0 Å². The Morgan fingerprint density at radius 2 is 2.00 bits per heavy atom. The molecule has 1 rings (SSSR count). The molecule has 0 aromatic heterocycles. The first-order chi connectivity index (χ1) is 8.02. The lowest BCUT2D eigenvalue weighted by Gasteiger charge is -2.28. The summed E-state index contributed by atoms with van der Waals surface area (Å²) >= 11 is 0. The standard InChI is InChI=1S/C13H25NO3/c1-9(2)7-12(14)13(15)17-11-6-4-5-10(8-11)16-3/h9-12H,4-8,14H2,1-3H3/t10?,11?,12-/m1/s1. The van der Waals surface area contributed by atoms with Crippen molar-refractivity contribution in [3.05, 3.63) is 0 Å². The lowest BCUT2D eigenvalue weighted by Crippen LogP contribution is -2.38. The molecular formula is C13H25NO3. The van der Waals surface area contributed by atoms with E-state index < -0.39 is 6.04 Å². The average molecular weight is 243 g/mol. The minimum absolute atomic E-state index is 0.0144. The highest BCUT2D eigenvalue weighted by Gasteiger charge is 2.26. The van der Waals surface area contributed by atoms with E-state index in [9.17, 15) is 4.79 Å². The predicted molar refractivity (Wildman–Crippen MR) is 66.6 cm³/mol. The first kappa shape index (κ1) is 14.5. The molecule has 4 nitrogen and oxygen atoms in total. The Labute approximate surface area is 104 Å². The third kappa shape index (κ3) is 5.04. The number of hydrogen-bond acceptors (Lipinski definition) is 4. The summed E-state index contributed by atoms with van der Waals surface area (Å²) in [6.45, 7) is 4.10. The van der Waals surface area contributed by atoms with Gasteiger partial charge in [-0.3, -0.25) is 4.79 Å². The Morgan fingerprint density at radius 1 is 1.35 bits per heavy atom. The summed E-state index contributed by atoms with van der Waals surface area (Å²) in [7, 11) is 1.71. The molecule has 2 unspecified atom stereocenters. The van der Waals surface area contributed by atoms with Crippen molar-refractivity contribution in [2.45, 2.75) is 64.2 Å². The maximum atomic E-state index is 11.8. The predicted octanol–water partition coefficient (Wildman–Crippen LogP) is 1.86. The Hall–Kier alpha value is -0.610. The molecule has 1 fully saturated rings. The molecule has 1 saturated carbocycles. The second-order valence-corrected chi connectivity index (χ2v) is 5.32. The number of carbonyl (C=O) groups excluding carboxylic acids is 1. The van der Waals surface area contributed by atoms with Gasteiger partial charge in [0.25, 0.3) is 0 Å². The highest BCUT2D eigenvalue weighted by Crippen LogP contribution is 2.23. The number of carbonyl (C=O) groups is 1. The summed E-state index contributed by atoms with van der Waals surface area (Å²) in [5.74, 6) is 0.149. The Bertz CT molecular complexity index is 243. The van der Waals surface area contributed by atoms with E-state index in [1.54, 1.807) is 7.11 Å². The van der Waals surface area contributed by atoms with E-state index >= 15 is 0 Å². The maximum Gasteiger partial charge on any atom is 0.323 e. The molecule has 0 aliphatic heterocycles. The molecule has 4 heteroatoms. The molecule has 0 aromatic rings. The first-order valence-corrected chi connectivity index (χ1v) is 6.51. The number of methoxy groups -OCH3 is 1. The highest BCUT2D eigenvalue weighted by atomic mass is 16.5. The van der Waals surface area contributed by atoms with Crippen LogP contribution in [-0.4, -0.2) is 31.3 Å². The first-order valence-electron chi connectivity index (χ1n) is 6.51. The van der Waals surface area contributed by atoms with E-state index in [0.29, 0.717) is 12.3 Å².